The summed E-state index contributed by atoms with van der Waals surface area (Å²) in [5.74, 6) is -0.741. The maximum atomic E-state index is 15.4. The minimum atomic E-state index is -2.15. The van der Waals surface area contributed by atoms with Crippen molar-refractivity contribution in [1.82, 2.24) is 20.0 Å². The van der Waals surface area contributed by atoms with Crippen LogP contribution in [0.25, 0.3) is 10.9 Å². The molecule has 1 atom stereocenters. The van der Waals surface area contributed by atoms with Crippen LogP contribution in [0, 0.1) is 22.6 Å². The van der Waals surface area contributed by atoms with Crippen molar-refractivity contribution in [2.45, 2.75) is 52.1 Å². The quantitative estimate of drug-likeness (QED) is 0.249. The fourth-order valence-electron chi connectivity index (χ4n) is 4.06. The minimum absolute atomic E-state index is 0.0121. The van der Waals surface area contributed by atoms with E-state index in [0.29, 0.717) is 34.4 Å². The molecule has 2 heterocycles. The van der Waals surface area contributed by atoms with E-state index in [4.69, 9.17) is 24.6 Å². The standard InChI is InChI=1S/C28H28Cl2FN7/c1-27(2,3)15-34-24-16(12-32)13-33-25-18(24)10-17(11-20(25)30)35-26(23-19(29)6-5-7-21(23)31)22-14-38(37-36-22)28(4)8-9-28/h5-7,10-11,13-14,26,35H,8-9,15H2,1-4H3,(H,33,34)/i14D,26D. The molecule has 0 spiro atoms. The van der Waals surface area contributed by atoms with Gasteiger partial charge in [-0.05, 0) is 49.4 Å². The van der Waals surface area contributed by atoms with Gasteiger partial charge in [0.2, 0.25) is 0 Å². The van der Waals surface area contributed by atoms with E-state index in [1.165, 1.54) is 29.1 Å². The van der Waals surface area contributed by atoms with Crippen molar-refractivity contribution < 1.29 is 7.13 Å². The smallest absolute Gasteiger partial charge is 0.130 e. The molecule has 1 aliphatic rings. The lowest BCUT2D eigenvalue weighted by atomic mass is 9.96. The molecule has 0 aliphatic heterocycles. The predicted molar refractivity (Wildman–Crippen MR) is 149 cm³/mol. The zero-order chi connectivity index (χ0) is 29.0. The van der Waals surface area contributed by atoms with Gasteiger partial charge in [-0.25, -0.2) is 9.07 Å². The molecule has 0 radical (unpaired) electrons. The molecule has 4 aromatic rings. The third-order valence-electron chi connectivity index (χ3n) is 6.49. The van der Waals surface area contributed by atoms with Crippen LogP contribution in [-0.2, 0) is 5.54 Å². The largest absolute Gasteiger partial charge is 0.383 e. The van der Waals surface area contributed by atoms with Crippen molar-refractivity contribution in [2.75, 3.05) is 17.2 Å². The van der Waals surface area contributed by atoms with E-state index in [1.807, 2.05) is 6.92 Å². The molecule has 10 heteroatoms. The van der Waals surface area contributed by atoms with Crippen molar-refractivity contribution in [2.24, 2.45) is 5.41 Å². The van der Waals surface area contributed by atoms with E-state index < -0.39 is 11.8 Å². The highest BCUT2D eigenvalue weighted by Gasteiger charge is 2.41. The SMILES string of the molecule is [2H]c1c(C([2H])(Nc2cc(Cl)c3ncc(C#N)c(NCC(C)(C)C)c3c2)c2c(F)cccc2Cl)nnn1C1(C)CC1. The van der Waals surface area contributed by atoms with Crippen molar-refractivity contribution in [3.8, 4) is 6.07 Å². The third-order valence-corrected chi connectivity index (χ3v) is 7.09. The lowest BCUT2D eigenvalue weighted by Gasteiger charge is -2.23. The molecule has 2 aromatic carbocycles. The Balaban J connectivity index is 1.70. The monoisotopic (exact) mass is 553 g/mol. The van der Waals surface area contributed by atoms with Crippen LogP contribution in [-0.4, -0.2) is 26.5 Å². The average Bonchev–Trinajstić information content (AvgIpc) is 3.48. The molecule has 0 saturated heterocycles. The van der Waals surface area contributed by atoms with Crippen LogP contribution < -0.4 is 10.6 Å². The molecule has 7 nitrogen and oxygen atoms in total. The number of hydrogen-bond donors (Lipinski definition) is 2. The number of benzene rings is 2. The fourth-order valence-corrected chi connectivity index (χ4v) is 4.58. The third kappa shape index (κ3) is 5.13. The van der Waals surface area contributed by atoms with E-state index >= 15 is 4.39 Å². The van der Waals surface area contributed by atoms with Crippen LogP contribution in [0.4, 0.5) is 15.8 Å². The number of aromatic nitrogens is 4. The van der Waals surface area contributed by atoms with Crippen LogP contribution in [0.15, 0.2) is 42.7 Å². The molecule has 2 aromatic heterocycles. The van der Waals surface area contributed by atoms with Crippen LogP contribution in [0.2, 0.25) is 10.0 Å². The van der Waals surface area contributed by atoms with Gasteiger partial charge in [-0.1, -0.05) is 55.3 Å². The normalized spacial score (nSPS) is 16.8. The van der Waals surface area contributed by atoms with Crippen LogP contribution in [0.3, 0.4) is 0 Å². The summed E-state index contributed by atoms with van der Waals surface area (Å²) in [6.07, 6.45) is 2.98. The van der Waals surface area contributed by atoms with Gasteiger partial charge < -0.3 is 10.6 Å². The fraction of sp³-hybridized carbons (Fsp3) is 0.357. The summed E-state index contributed by atoms with van der Waals surface area (Å²) in [5, 5.41) is 25.3. The maximum absolute atomic E-state index is 15.4. The Hall–Kier alpha value is -3.41. The number of nitriles is 1. The summed E-state index contributed by atoms with van der Waals surface area (Å²) in [5.41, 5.74) is 0.860. The molecule has 2 N–H and O–H groups in total. The summed E-state index contributed by atoms with van der Waals surface area (Å²) in [6, 6.07) is 7.39. The van der Waals surface area contributed by atoms with Crippen molar-refractivity contribution in [1.29, 1.82) is 5.26 Å². The van der Waals surface area contributed by atoms with E-state index in [1.54, 1.807) is 12.1 Å². The van der Waals surface area contributed by atoms with Gasteiger partial charge in [-0.3, -0.25) is 4.98 Å². The van der Waals surface area contributed by atoms with Crippen molar-refractivity contribution >= 4 is 45.5 Å². The number of halogens is 3. The summed E-state index contributed by atoms with van der Waals surface area (Å²) >= 11 is 13.1. The van der Waals surface area contributed by atoms with Gasteiger partial charge in [-0.15, -0.1) is 5.10 Å². The Morgan fingerprint density at radius 1 is 1.29 bits per heavy atom. The Kier molecular flexibility index (Phi) is 6.06. The molecular weight excluding hydrogens is 524 g/mol. The van der Waals surface area contributed by atoms with Gasteiger partial charge >= 0.3 is 0 Å². The van der Waals surface area contributed by atoms with E-state index in [0.717, 1.165) is 12.8 Å². The van der Waals surface area contributed by atoms with Gasteiger partial charge in [0, 0.05) is 34.4 Å². The molecule has 38 heavy (non-hydrogen) atoms. The molecule has 196 valence electrons. The van der Waals surface area contributed by atoms with Gasteiger partial charge in [0.1, 0.15) is 23.6 Å². The first kappa shape index (κ1) is 23.7. The molecule has 1 aliphatic carbocycles. The number of rotatable bonds is 7. The van der Waals surface area contributed by atoms with Crippen LogP contribution in [0.1, 0.15) is 66.1 Å². The molecule has 1 unspecified atom stereocenters. The summed E-state index contributed by atoms with van der Waals surface area (Å²) in [4.78, 5) is 4.38. The number of nitrogens with zero attached hydrogens (tertiary/aromatic N) is 5. The second-order valence-electron chi connectivity index (χ2n) is 11.0. The highest BCUT2D eigenvalue weighted by Crippen LogP contribution is 2.43. The zero-order valence-electron chi connectivity index (χ0n) is 23.5. The Labute approximate surface area is 233 Å². The minimum Gasteiger partial charge on any atom is -0.383 e. The Morgan fingerprint density at radius 2 is 2.05 bits per heavy atom. The highest BCUT2D eigenvalue weighted by molar-refractivity contribution is 6.36. The molecule has 0 amide bonds. The first-order valence-corrected chi connectivity index (χ1v) is 13.0. The summed E-state index contributed by atoms with van der Waals surface area (Å²) < 4.78 is 35.3. The molecule has 1 saturated carbocycles. The van der Waals surface area contributed by atoms with E-state index in [9.17, 15) is 6.63 Å². The van der Waals surface area contributed by atoms with Gasteiger partial charge in [-0.2, -0.15) is 5.26 Å². The zero-order valence-corrected chi connectivity index (χ0v) is 23.0. The second kappa shape index (κ2) is 9.72. The first-order chi connectivity index (χ1) is 18.8. The van der Waals surface area contributed by atoms with Gasteiger partial charge in [0.25, 0.3) is 0 Å². The first-order valence-electron chi connectivity index (χ1n) is 13.2. The van der Waals surface area contributed by atoms with Crippen LogP contribution >= 0.6 is 23.2 Å². The summed E-state index contributed by atoms with van der Waals surface area (Å²) in [6.45, 7) is 8.71. The topological polar surface area (TPSA) is 91.4 Å². The summed E-state index contributed by atoms with van der Waals surface area (Å²) in [7, 11) is 0. The Morgan fingerprint density at radius 3 is 2.71 bits per heavy atom. The molecule has 0 bridgehead atoms. The van der Waals surface area contributed by atoms with E-state index in [-0.39, 0.29) is 38.4 Å². The number of hydrogen-bond acceptors (Lipinski definition) is 6. The second-order valence-corrected chi connectivity index (χ2v) is 11.8. The maximum Gasteiger partial charge on any atom is 0.130 e. The number of nitrogens with one attached hydrogen (secondary N) is 2. The van der Waals surface area contributed by atoms with Gasteiger partial charge in [0.05, 0.1) is 36.2 Å². The van der Waals surface area contributed by atoms with Gasteiger partial charge in [0.15, 0.2) is 0 Å². The molecule has 5 rings (SSSR count). The number of fused-ring (bicyclic) bond motifs is 1. The van der Waals surface area contributed by atoms with Crippen LogP contribution in [0.5, 0.6) is 0 Å². The Bertz CT molecular complexity index is 1650. The lowest BCUT2D eigenvalue weighted by Crippen LogP contribution is -2.20. The van der Waals surface area contributed by atoms with Crippen molar-refractivity contribution in [3.63, 3.8) is 0 Å². The predicted octanol–water partition coefficient (Wildman–Crippen LogP) is 7.31. The highest BCUT2D eigenvalue weighted by atomic mass is 35.5. The van der Waals surface area contributed by atoms with Crippen molar-refractivity contribution in [3.05, 3.63) is 75.4 Å². The molecule has 1 fully saturated rings. The molecular formula is C28H28Cl2FN7. The van der Waals surface area contributed by atoms with E-state index in [2.05, 4.69) is 52.8 Å². The average molecular weight is 554 g/mol. The number of anilines is 2. The number of pyridine rings is 1. The lowest BCUT2D eigenvalue weighted by molar-refractivity contribution is 0.443.